The number of carbonyl (C=O) groups excluding carboxylic acids is 3. The van der Waals surface area contributed by atoms with E-state index in [1.54, 1.807) is 29.2 Å². The highest BCUT2D eigenvalue weighted by Gasteiger charge is 2.35. The zero-order valence-corrected chi connectivity index (χ0v) is 17.7. The van der Waals surface area contributed by atoms with E-state index in [2.05, 4.69) is 10.6 Å². The molecule has 1 fully saturated rings. The lowest BCUT2D eigenvalue weighted by molar-refractivity contribution is -0.122. The Balaban J connectivity index is 1.38. The second kappa shape index (κ2) is 9.92. The van der Waals surface area contributed by atoms with Crippen molar-refractivity contribution in [2.24, 2.45) is 5.92 Å². The third kappa shape index (κ3) is 5.03. The van der Waals surface area contributed by atoms with Crippen molar-refractivity contribution in [3.05, 3.63) is 96.1 Å². The van der Waals surface area contributed by atoms with Crippen LogP contribution in [0.4, 0.5) is 11.4 Å². The van der Waals surface area contributed by atoms with E-state index >= 15 is 0 Å². The van der Waals surface area contributed by atoms with Crippen molar-refractivity contribution in [1.82, 2.24) is 5.32 Å². The molecule has 1 aliphatic rings. The minimum atomic E-state index is -0.475. The van der Waals surface area contributed by atoms with Crippen molar-refractivity contribution in [1.29, 1.82) is 0 Å². The topological polar surface area (TPSA) is 78.5 Å². The lowest BCUT2D eigenvalue weighted by Crippen LogP contribution is -2.30. The Morgan fingerprint density at radius 2 is 1.53 bits per heavy atom. The van der Waals surface area contributed by atoms with Crippen molar-refractivity contribution in [3.8, 4) is 0 Å². The zero-order valence-electron chi connectivity index (χ0n) is 17.7. The van der Waals surface area contributed by atoms with E-state index in [1.807, 2.05) is 60.7 Å². The van der Waals surface area contributed by atoms with E-state index in [9.17, 15) is 14.4 Å². The predicted molar refractivity (Wildman–Crippen MR) is 124 cm³/mol. The molecule has 0 radical (unpaired) electrons. The first-order valence-corrected chi connectivity index (χ1v) is 10.7. The maximum Gasteiger partial charge on any atom is 0.253 e. The van der Waals surface area contributed by atoms with Gasteiger partial charge in [0.25, 0.3) is 5.91 Å². The van der Waals surface area contributed by atoms with Crippen LogP contribution < -0.4 is 15.5 Å². The van der Waals surface area contributed by atoms with Crippen LogP contribution in [0.15, 0.2) is 84.9 Å². The van der Waals surface area contributed by atoms with Crippen molar-refractivity contribution in [2.45, 2.75) is 12.8 Å². The maximum absolute atomic E-state index is 12.9. The Hall–Kier alpha value is -3.93. The second-order valence-corrected chi connectivity index (χ2v) is 7.77. The molecule has 6 nitrogen and oxygen atoms in total. The van der Waals surface area contributed by atoms with Gasteiger partial charge in [0, 0.05) is 25.2 Å². The van der Waals surface area contributed by atoms with Gasteiger partial charge in [0.2, 0.25) is 11.8 Å². The monoisotopic (exact) mass is 427 g/mol. The van der Waals surface area contributed by atoms with Crippen LogP contribution in [0.3, 0.4) is 0 Å². The van der Waals surface area contributed by atoms with E-state index in [0.717, 1.165) is 17.7 Å². The number of anilines is 2. The highest BCUT2D eigenvalue weighted by atomic mass is 16.2. The van der Waals surface area contributed by atoms with Gasteiger partial charge in [-0.05, 0) is 36.2 Å². The second-order valence-electron chi connectivity index (χ2n) is 7.77. The van der Waals surface area contributed by atoms with E-state index in [4.69, 9.17) is 0 Å². The first-order valence-electron chi connectivity index (χ1n) is 10.7. The highest BCUT2D eigenvalue weighted by molar-refractivity contribution is 6.07. The van der Waals surface area contributed by atoms with Crippen LogP contribution in [0.5, 0.6) is 0 Å². The molecule has 0 aliphatic carbocycles. The first kappa shape index (κ1) is 21.3. The third-order valence-corrected chi connectivity index (χ3v) is 5.54. The molecule has 0 bridgehead atoms. The van der Waals surface area contributed by atoms with E-state index in [1.165, 1.54) is 0 Å². The smallest absolute Gasteiger partial charge is 0.253 e. The molecule has 2 N–H and O–H groups in total. The molecule has 0 aromatic heterocycles. The molecule has 3 aromatic rings. The standard InChI is InChI=1S/C26H25N3O3/c30-24-17-20(18-29(24)21-11-5-2-6-12-21)25(31)28-23-14-8-7-13-22(23)26(32)27-16-15-19-9-3-1-4-10-19/h1-14,20H,15-18H2,(H,27,32)(H,28,31). The summed E-state index contributed by atoms with van der Waals surface area (Å²) >= 11 is 0. The fourth-order valence-corrected chi connectivity index (χ4v) is 3.83. The van der Waals surface area contributed by atoms with Crippen molar-refractivity contribution in [2.75, 3.05) is 23.3 Å². The molecule has 1 saturated heterocycles. The Kier molecular flexibility index (Phi) is 6.60. The van der Waals surface area contributed by atoms with Crippen molar-refractivity contribution < 1.29 is 14.4 Å². The molecular weight excluding hydrogens is 402 g/mol. The fourth-order valence-electron chi connectivity index (χ4n) is 3.83. The molecule has 1 heterocycles. The van der Waals surface area contributed by atoms with Gasteiger partial charge < -0.3 is 15.5 Å². The van der Waals surface area contributed by atoms with E-state index < -0.39 is 5.92 Å². The molecule has 1 atom stereocenters. The van der Waals surface area contributed by atoms with Gasteiger partial charge in [-0.15, -0.1) is 0 Å². The number of para-hydroxylation sites is 2. The van der Waals surface area contributed by atoms with Gasteiger partial charge in [0.05, 0.1) is 17.2 Å². The molecular formula is C26H25N3O3. The summed E-state index contributed by atoms with van der Waals surface area (Å²) in [7, 11) is 0. The summed E-state index contributed by atoms with van der Waals surface area (Å²) < 4.78 is 0. The van der Waals surface area contributed by atoms with Gasteiger partial charge in [0.15, 0.2) is 0 Å². The Bertz CT molecular complexity index is 1100. The third-order valence-electron chi connectivity index (χ3n) is 5.54. The number of amides is 3. The summed E-state index contributed by atoms with van der Waals surface area (Å²) in [5.74, 6) is -1.06. The predicted octanol–water partition coefficient (Wildman–Crippen LogP) is 3.65. The molecule has 3 amide bonds. The molecule has 3 aromatic carbocycles. The van der Waals surface area contributed by atoms with Gasteiger partial charge in [-0.1, -0.05) is 60.7 Å². The molecule has 1 aliphatic heterocycles. The number of hydrogen-bond donors (Lipinski definition) is 2. The van der Waals surface area contributed by atoms with E-state index in [-0.39, 0.29) is 24.1 Å². The molecule has 162 valence electrons. The average Bonchev–Trinajstić information content (AvgIpc) is 3.22. The SMILES string of the molecule is O=C(NCCc1ccccc1)c1ccccc1NC(=O)C1CC(=O)N(c2ccccc2)C1. The van der Waals surface area contributed by atoms with Crippen molar-refractivity contribution >= 4 is 29.1 Å². The van der Waals surface area contributed by atoms with Crippen LogP contribution in [0.25, 0.3) is 0 Å². The fraction of sp³-hybridized carbons (Fsp3) is 0.192. The van der Waals surface area contributed by atoms with Gasteiger partial charge >= 0.3 is 0 Å². The number of rotatable bonds is 7. The lowest BCUT2D eigenvalue weighted by Gasteiger charge is -2.17. The Labute approximate surface area is 187 Å². The van der Waals surface area contributed by atoms with Crippen LogP contribution in [0.2, 0.25) is 0 Å². The zero-order chi connectivity index (χ0) is 22.3. The number of nitrogens with zero attached hydrogens (tertiary/aromatic N) is 1. The Morgan fingerprint density at radius 3 is 2.28 bits per heavy atom. The van der Waals surface area contributed by atoms with Gasteiger partial charge in [-0.3, -0.25) is 14.4 Å². The highest BCUT2D eigenvalue weighted by Crippen LogP contribution is 2.26. The maximum atomic E-state index is 12.9. The summed E-state index contributed by atoms with van der Waals surface area (Å²) in [6, 6.07) is 26.2. The normalized spacial score (nSPS) is 15.4. The quantitative estimate of drug-likeness (QED) is 0.604. The molecule has 6 heteroatoms. The summed E-state index contributed by atoms with van der Waals surface area (Å²) in [4.78, 5) is 39.7. The first-order chi connectivity index (χ1) is 15.6. The molecule has 0 spiro atoms. The largest absolute Gasteiger partial charge is 0.352 e. The number of carbonyl (C=O) groups is 3. The lowest BCUT2D eigenvalue weighted by atomic mass is 10.1. The van der Waals surface area contributed by atoms with Crippen LogP contribution in [0, 0.1) is 5.92 Å². The summed E-state index contributed by atoms with van der Waals surface area (Å²) in [5, 5.41) is 5.77. The minimum absolute atomic E-state index is 0.0803. The minimum Gasteiger partial charge on any atom is -0.352 e. The molecule has 32 heavy (non-hydrogen) atoms. The van der Waals surface area contributed by atoms with Gasteiger partial charge in [-0.25, -0.2) is 0 Å². The molecule has 1 unspecified atom stereocenters. The van der Waals surface area contributed by atoms with Crippen LogP contribution >= 0.6 is 0 Å². The van der Waals surface area contributed by atoms with Gasteiger partial charge in [0.1, 0.15) is 0 Å². The average molecular weight is 428 g/mol. The Morgan fingerprint density at radius 1 is 0.875 bits per heavy atom. The summed E-state index contributed by atoms with van der Waals surface area (Å²) in [6.45, 7) is 0.814. The number of nitrogens with one attached hydrogen (secondary N) is 2. The number of hydrogen-bond acceptors (Lipinski definition) is 3. The van der Waals surface area contributed by atoms with Crippen LogP contribution in [-0.4, -0.2) is 30.8 Å². The van der Waals surface area contributed by atoms with Crippen molar-refractivity contribution in [3.63, 3.8) is 0 Å². The van der Waals surface area contributed by atoms with Gasteiger partial charge in [-0.2, -0.15) is 0 Å². The summed E-state index contributed by atoms with van der Waals surface area (Å²) in [5.41, 5.74) is 2.77. The molecule has 4 rings (SSSR count). The van der Waals surface area contributed by atoms with Crippen LogP contribution in [0.1, 0.15) is 22.3 Å². The molecule has 0 saturated carbocycles. The van der Waals surface area contributed by atoms with E-state index in [0.29, 0.717) is 24.3 Å². The summed E-state index contributed by atoms with van der Waals surface area (Å²) in [6.07, 6.45) is 0.868. The number of benzene rings is 3. The van der Waals surface area contributed by atoms with Crippen LogP contribution in [-0.2, 0) is 16.0 Å².